The van der Waals surface area contributed by atoms with Gasteiger partial charge in [-0.25, -0.2) is 0 Å². The number of allylic oxidation sites excluding steroid dienone is 1. The molecule has 0 aliphatic carbocycles. The molecule has 0 atom stereocenters. The smallest absolute Gasteiger partial charge is 0.269 e. The average molecular weight is 408 g/mol. The van der Waals surface area contributed by atoms with E-state index in [1.54, 1.807) is 48.5 Å². The largest absolute Gasteiger partial charge is 0.489 e. The molecule has 7 heteroatoms. The Morgan fingerprint density at radius 2 is 1.76 bits per heavy atom. The first kappa shape index (κ1) is 18.7. The molecule has 0 radical (unpaired) electrons. The molecule has 0 fully saturated rings. The van der Waals surface area contributed by atoms with E-state index >= 15 is 0 Å². The van der Waals surface area contributed by atoms with E-state index in [4.69, 9.17) is 21.1 Å². The lowest BCUT2D eigenvalue weighted by Crippen LogP contribution is -1.98. The van der Waals surface area contributed by atoms with Gasteiger partial charge in [-0.05, 0) is 53.6 Å². The third kappa shape index (κ3) is 4.12. The molecular weight excluding hydrogens is 394 g/mol. The monoisotopic (exact) mass is 407 g/mol. The minimum absolute atomic E-state index is 0.0171. The number of carbonyl (C=O) groups excluding carboxylic acids is 1. The van der Waals surface area contributed by atoms with E-state index in [0.717, 1.165) is 5.56 Å². The maximum Gasteiger partial charge on any atom is 0.269 e. The number of hydrogen-bond acceptors (Lipinski definition) is 5. The number of nitro benzene ring substituents is 1. The van der Waals surface area contributed by atoms with E-state index in [9.17, 15) is 14.9 Å². The molecule has 1 aliphatic heterocycles. The minimum atomic E-state index is -0.477. The molecule has 3 aromatic carbocycles. The van der Waals surface area contributed by atoms with Crippen LogP contribution in [0, 0.1) is 10.1 Å². The highest BCUT2D eigenvalue weighted by Crippen LogP contribution is 2.35. The van der Waals surface area contributed by atoms with Crippen molar-refractivity contribution in [3.63, 3.8) is 0 Å². The van der Waals surface area contributed by atoms with Gasteiger partial charge in [-0.3, -0.25) is 14.9 Å². The van der Waals surface area contributed by atoms with E-state index in [0.29, 0.717) is 34.3 Å². The van der Waals surface area contributed by atoms with Crippen molar-refractivity contribution in [1.29, 1.82) is 0 Å². The molecule has 0 bridgehead atoms. The van der Waals surface area contributed by atoms with E-state index in [1.807, 2.05) is 12.1 Å². The molecule has 0 unspecified atom stereocenters. The van der Waals surface area contributed by atoms with Gasteiger partial charge in [-0.1, -0.05) is 23.7 Å². The summed E-state index contributed by atoms with van der Waals surface area (Å²) in [6.45, 7) is 0.357. The summed E-state index contributed by atoms with van der Waals surface area (Å²) in [5.41, 5.74) is 2.02. The Bertz CT molecular complexity index is 1120. The second kappa shape index (κ2) is 7.77. The Labute approximate surface area is 171 Å². The number of fused-ring (bicyclic) bond motifs is 1. The molecule has 0 amide bonds. The predicted molar refractivity (Wildman–Crippen MR) is 108 cm³/mol. The normalized spacial score (nSPS) is 13.8. The minimum Gasteiger partial charge on any atom is -0.489 e. The zero-order valence-electron chi connectivity index (χ0n) is 15.0. The highest BCUT2D eigenvalue weighted by molar-refractivity contribution is 6.30. The van der Waals surface area contributed by atoms with E-state index in [2.05, 4.69) is 0 Å². The Morgan fingerprint density at radius 1 is 1.03 bits per heavy atom. The summed E-state index contributed by atoms with van der Waals surface area (Å²) >= 11 is 5.88. The number of benzene rings is 3. The van der Waals surface area contributed by atoms with Gasteiger partial charge < -0.3 is 9.47 Å². The summed E-state index contributed by atoms with van der Waals surface area (Å²) in [6.07, 6.45) is 1.56. The highest BCUT2D eigenvalue weighted by atomic mass is 35.5. The van der Waals surface area contributed by atoms with Gasteiger partial charge >= 0.3 is 0 Å². The number of nitro groups is 1. The molecule has 0 saturated heterocycles. The lowest BCUT2D eigenvalue weighted by Gasteiger charge is -2.07. The third-order valence-corrected chi connectivity index (χ3v) is 4.61. The maximum atomic E-state index is 12.5. The summed E-state index contributed by atoms with van der Waals surface area (Å²) in [5.74, 6) is 0.895. The first-order chi connectivity index (χ1) is 14.0. The molecule has 6 nitrogen and oxygen atoms in total. The Balaban J connectivity index is 1.49. The van der Waals surface area contributed by atoms with Gasteiger partial charge in [-0.15, -0.1) is 0 Å². The first-order valence-corrected chi connectivity index (χ1v) is 9.07. The van der Waals surface area contributed by atoms with Crippen LogP contribution in [0.3, 0.4) is 0 Å². The first-order valence-electron chi connectivity index (χ1n) is 8.69. The maximum absolute atomic E-state index is 12.5. The number of hydrogen-bond donors (Lipinski definition) is 0. The summed E-state index contributed by atoms with van der Waals surface area (Å²) in [5, 5.41) is 11.4. The molecule has 0 N–H and O–H groups in total. The topological polar surface area (TPSA) is 78.7 Å². The number of rotatable bonds is 5. The zero-order chi connectivity index (χ0) is 20.4. The lowest BCUT2D eigenvalue weighted by molar-refractivity contribution is -0.384. The van der Waals surface area contributed by atoms with Gasteiger partial charge in [0.15, 0.2) is 5.76 Å². The molecule has 3 aromatic rings. The Morgan fingerprint density at radius 3 is 2.45 bits per heavy atom. The van der Waals surface area contributed by atoms with Crippen LogP contribution in [0.1, 0.15) is 21.5 Å². The summed E-state index contributed by atoms with van der Waals surface area (Å²) in [6, 6.07) is 18.2. The van der Waals surface area contributed by atoms with Gasteiger partial charge in [0.05, 0.1) is 10.5 Å². The standard InChI is InChI=1S/C22H14ClNO5/c23-16-5-1-15(2-6-16)13-28-18-9-10-19-20(12-18)29-21(22(19)25)11-14-3-7-17(8-4-14)24(26)27/h1-12H,13H2. The van der Waals surface area contributed by atoms with Gasteiger partial charge in [-0.2, -0.15) is 0 Å². The van der Waals surface area contributed by atoms with Crippen LogP contribution in [0.4, 0.5) is 5.69 Å². The molecular formula is C22H14ClNO5. The van der Waals surface area contributed by atoms with E-state index in [1.165, 1.54) is 12.1 Å². The van der Waals surface area contributed by atoms with Crippen LogP contribution in [0.15, 0.2) is 72.5 Å². The quantitative estimate of drug-likeness (QED) is 0.319. The van der Waals surface area contributed by atoms with Crippen LogP contribution < -0.4 is 9.47 Å². The lowest BCUT2D eigenvalue weighted by atomic mass is 10.1. The van der Waals surface area contributed by atoms with Crippen LogP contribution >= 0.6 is 11.6 Å². The fourth-order valence-corrected chi connectivity index (χ4v) is 2.97. The highest BCUT2D eigenvalue weighted by Gasteiger charge is 2.27. The van der Waals surface area contributed by atoms with Crippen molar-refractivity contribution in [1.82, 2.24) is 0 Å². The van der Waals surface area contributed by atoms with Crippen LogP contribution in [-0.4, -0.2) is 10.7 Å². The fourth-order valence-electron chi connectivity index (χ4n) is 2.85. The van der Waals surface area contributed by atoms with Crippen molar-refractivity contribution in [2.45, 2.75) is 6.61 Å². The van der Waals surface area contributed by atoms with Gasteiger partial charge in [0.25, 0.3) is 5.69 Å². The second-order valence-electron chi connectivity index (χ2n) is 6.36. The van der Waals surface area contributed by atoms with E-state index in [-0.39, 0.29) is 17.2 Å². The summed E-state index contributed by atoms with van der Waals surface area (Å²) < 4.78 is 11.5. The number of ketones is 1. The summed E-state index contributed by atoms with van der Waals surface area (Å²) in [4.78, 5) is 22.8. The van der Waals surface area contributed by atoms with Crippen molar-refractivity contribution in [3.05, 3.63) is 104 Å². The van der Waals surface area contributed by atoms with Crippen molar-refractivity contribution in [2.75, 3.05) is 0 Å². The van der Waals surface area contributed by atoms with Crippen LogP contribution in [-0.2, 0) is 6.61 Å². The molecule has 1 aliphatic rings. The second-order valence-corrected chi connectivity index (χ2v) is 6.80. The van der Waals surface area contributed by atoms with Crippen molar-refractivity contribution in [3.8, 4) is 11.5 Å². The third-order valence-electron chi connectivity index (χ3n) is 4.36. The number of carbonyl (C=O) groups is 1. The van der Waals surface area contributed by atoms with Crippen LogP contribution in [0.2, 0.25) is 5.02 Å². The molecule has 0 spiro atoms. The van der Waals surface area contributed by atoms with Gasteiger partial charge in [0.1, 0.15) is 18.1 Å². The average Bonchev–Trinajstić information content (AvgIpc) is 3.03. The predicted octanol–water partition coefficient (Wildman–Crippen LogP) is 5.44. The summed E-state index contributed by atoms with van der Waals surface area (Å²) in [7, 11) is 0. The molecule has 4 rings (SSSR count). The van der Waals surface area contributed by atoms with Crippen LogP contribution in [0.5, 0.6) is 11.5 Å². The molecule has 29 heavy (non-hydrogen) atoms. The number of ether oxygens (including phenoxy) is 2. The SMILES string of the molecule is O=C1C(=Cc2ccc([N+](=O)[O-])cc2)Oc2cc(OCc3ccc(Cl)cc3)ccc21. The number of nitrogens with zero attached hydrogens (tertiary/aromatic N) is 1. The van der Waals surface area contributed by atoms with Gasteiger partial charge in [0, 0.05) is 23.2 Å². The van der Waals surface area contributed by atoms with Gasteiger partial charge in [0.2, 0.25) is 5.78 Å². The van der Waals surface area contributed by atoms with Crippen molar-refractivity contribution < 1.29 is 19.2 Å². The molecule has 0 aromatic heterocycles. The Hall–Kier alpha value is -3.64. The number of halogens is 1. The Kier molecular flexibility index (Phi) is 5.01. The number of non-ortho nitro benzene ring substituents is 1. The fraction of sp³-hybridized carbons (Fsp3) is 0.0455. The van der Waals surface area contributed by atoms with Crippen LogP contribution in [0.25, 0.3) is 6.08 Å². The van der Waals surface area contributed by atoms with Crippen molar-refractivity contribution in [2.24, 2.45) is 0 Å². The number of Topliss-reactive ketones (excluding diaryl/α,β-unsaturated/α-hetero) is 1. The molecule has 1 heterocycles. The molecule has 144 valence electrons. The zero-order valence-corrected chi connectivity index (χ0v) is 15.8. The van der Waals surface area contributed by atoms with E-state index < -0.39 is 4.92 Å². The molecule has 0 saturated carbocycles. The van der Waals surface area contributed by atoms with Crippen molar-refractivity contribution >= 4 is 29.1 Å².